The summed E-state index contributed by atoms with van der Waals surface area (Å²) in [6.45, 7) is 8.71. The fraction of sp³-hybridized carbons (Fsp3) is 0.429. The third-order valence-corrected chi connectivity index (χ3v) is 5.99. The highest BCUT2D eigenvalue weighted by molar-refractivity contribution is 8.00. The van der Waals surface area contributed by atoms with Gasteiger partial charge in [-0.3, -0.25) is 4.79 Å². The molecule has 26 heavy (non-hydrogen) atoms. The number of allylic oxidation sites excluding steroid dienone is 2. The second-order valence-electron chi connectivity index (χ2n) is 7.00. The first-order valence-corrected chi connectivity index (χ1v) is 9.57. The summed E-state index contributed by atoms with van der Waals surface area (Å²) in [4.78, 5) is 18.6. The average molecular weight is 373 g/mol. The van der Waals surface area contributed by atoms with E-state index >= 15 is 0 Å². The number of carbonyl (C=O) groups is 1. The van der Waals surface area contributed by atoms with Crippen LogP contribution in [0.1, 0.15) is 40.5 Å². The molecule has 0 spiro atoms. The summed E-state index contributed by atoms with van der Waals surface area (Å²) < 4.78 is -0.179. The van der Waals surface area contributed by atoms with Crippen molar-refractivity contribution in [3.8, 4) is 0 Å². The Morgan fingerprint density at radius 3 is 2.35 bits per heavy atom. The van der Waals surface area contributed by atoms with Crippen molar-refractivity contribution in [2.45, 2.75) is 50.2 Å². The van der Waals surface area contributed by atoms with Gasteiger partial charge < -0.3 is 10.2 Å². The molecule has 2 rings (SSSR count). The van der Waals surface area contributed by atoms with Crippen LogP contribution in [0.3, 0.4) is 0 Å². The molecule has 1 aromatic carbocycles. The molecule has 1 aliphatic rings. The SMILES string of the molecule is CNC(=O)/C(=N/OC)C1=C(C(C)(C)Sc2ccccc2)CC(C)=C(C)C1. The average Bonchev–Trinajstić information content (AvgIpc) is 2.61. The molecular weight excluding hydrogens is 344 g/mol. The smallest absolute Gasteiger partial charge is 0.273 e. The predicted octanol–water partition coefficient (Wildman–Crippen LogP) is 4.73. The Morgan fingerprint density at radius 1 is 1.15 bits per heavy atom. The molecule has 1 aliphatic carbocycles. The number of nitrogens with zero attached hydrogens (tertiary/aromatic N) is 1. The molecule has 1 aromatic rings. The van der Waals surface area contributed by atoms with Gasteiger partial charge in [0.05, 0.1) is 0 Å². The van der Waals surface area contributed by atoms with Crippen LogP contribution < -0.4 is 5.32 Å². The second-order valence-corrected chi connectivity index (χ2v) is 8.69. The summed E-state index contributed by atoms with van der Waals surface area (Å²) in [6.07, 6.45) is 1.56. The fourth-order valence-electron chi connectivity index (χ4n) is 3.14. The van der Waals surface area contributed by atoms with Crippen molar-refractivity contribution in [2.75, 3.05) is 14.2 Å². The van der Waals surface area contributed by atoms with E-state index in [2.05, 4.69) is 50.3 Å². The van der Waals surface area contributed by atoms with Crippen LogP contribution in [0.4, 0.5) is 0 Å². The first kappa shape index (κ1) is 20.3. The second kappa shape index (κ2) is 8.58. The van der Waals surface area contributed by atoms with Gasteiger partial charge >= 0.3 is 0 Å². The van der Waals surface area contributed by atoms with Gasteiger partial charge in [-0.1, -0.05) is 34.5 Å². The highest BCUT2D eigenvalue weighted by Gasteiger charge is 2.33. The maximum Gasteiger partial charge on any atom is 0.273 e. The van der Waals surface area contributed by atoms with Crippen molar-refractivity contribution < 1.29 is 9.63 Å². The van der Waals surface area contributed by atoms with Crippen LogP contribution >= 0.6 is 11.8 Å². The maximum absolute atomic E-state index is 12.4. The van der Waals surface area contributed by atoms with Crippen LogP contribution in [0, 0.1) is 0 Å². The molecule has 0 saturated carbocycles. The van der Waals surface area contributed by atoms with Crippen molar-refractivity contribution in [1.29, 1.82) is 0 Å². The summed E-state index contributed by atoms with van der Waals surface area (Å²) in [5.74, 6) is -0.216. The quantitative estimate of drug-likeness (QED) is 0.340. The van der Waals surface area contributed by atoms with E-state index in [9.17, 15) is 4.79 Å². The number of hydrogen-bond acceptors (Lipinski definition) is 4. The van der Waals surface area contributed by atoms with Crippen molar-refractivity contribution in [1.82, 2.24) is 5.32 Å². The highest BCUT2D eigenvalue weighted by atomic mass is 32.2. The normalized spacial score (nSPS) is 16.0. The molecule has 0 atom stereocenters. The Balaban J connectivity index is 2.53. The van der Waals surface area contributed by atoms with E-state index in [1.54, 1.807) is 18.8 Å². The maximum atomic E-state index is 12.4. The zero-order valence-electron chi connectivity index (χ0n) is 16.5. The van der Waals surface area contributed by atoms with E-state index in [1.165, 1.54) is 28.7 Å². The molecule has 0 bridgehead atoms. The number of thioether (sulfide) groups is 1. The monoisotopic (exact) mass is 372 g/mol. The number of oxime groups is 1. The summed E-state index contributed by atoms with van der Waals surface area (Å²) in [7, 11) is 3.10. The molecule has 0 radical (unpaired) electrons. The van der Waals surface area contributed by atoms with Crippen LogP contribution in [-0.4, -0.2) is 30.5 Å². The molecular formula is C21H28N2O2S. The third-order valence-electron chi connectivity index (χ3n) is 4.73. The first-order chi connectivity index (χ1) is 12.3. The largest absolute Gasteiger partial charge is 0.398 e. The van der Waals surface area contributed by atoms with Gasteiger partial charge in [-0.25, -0.2) is 0 Å². The molecule has 0 heterocycles. The number of hydrogen-bond donors (Lipinski definition) is 1. The lowest BCUT2D eigenvalue weighted by molar-refractivity contribution is -0.114. The van der Waals surface area contributed by atoms with Gasteiger partial charge in [0.15, 0.2) is 5.71 Å². The summed E-state index contributed by atoms with van der Waals surface area (Å²) in [5.41, 5.74) is 5.23. The molecule has 140 valence electrons. The van der Waals surface area contributed by atoms with Gasteiger partial charge in [0.2, 0.25) is 0 Å². The van der Waals surface area contributed by atoms with Crippen LogP contribution in [0.5, 0.6) is 0 Å². The molecule has 1 N–H and O–H groups in total. The minimum absolute atomic E-state index is 0.179. The zero-order chi connectivity index (χ0) is 19.3. The number of carbonyl (C=O) groups excluding carboxylic acids is 1. The lowest BCUT2D eigenvalue weighted by Crippen LogP contribution is -2.33. The van der Waals surface area contributed by atoms with E-state index < -0.39 is 0 Å². The Hall–Kier alpha value is -2.01. The Bertz CT molecular complexity index is 761. The fourth-order valence-corrected chi connectivity index (χ4v) is 4.34. The number of rotatable bonds is 6. The molecule has 4 nitrogen and oxygen atoms in total. The van der Waals surface area contributed by atoms with E-state index in [0.29, 0.717) is 5.71 Å². The van der Waals surface area contributed by atoms with Gasteiger partial charge in [0.1, 0.15) is 7.11 Å². The minimum atomic E-state index is -0.216. The van der Waals surface area contributed by atoms with Gasteiger partial charge in [-0.2, -0.15) is 0 Å². The zero-order valence-corrected chi connectivity index (χ0v) is 17.3. The van der Waals surface area contributed by atoms with Gasteiger partial charge in [-0.15, -0.1) is 11.8 Å². The molecule has 5 heteroatoms. The molecule has 0 fully saturated rings. The minimum Gasteiger partial charge on any atom is -0.398 e. The van der Waals surface area contributed by atoms with Crippen LogP contribution in [-0.2, 0) is 9.63 Å². The van der Waals surface area contributed by atoms with E-state index in [0.717, 1.165) is 18.4 Å². The molecule has 0 saturated heterocycles. The summed E-state index contributed by atoms with van der Waals surface area (Å²) >= 11 is 1.81. The summed E-state index contributed by atoms with van der Waals surface area (Å²) in [5, 5.41) is 6.75. The van der Waals surface area contributed by atoms with Crippen molar-refractivity contribution in [3.63, 3.8) is 0 Å². The van der Waals surface area contributed by atoms with Crippen LogP contribution in [0.2, 0.25) is 0 Å². The molecule has 0 unspecified atom stereocenters. The van der Waals surface area contributed by atoms with Crippen LogP contribution in [0.15, 0.2) is 62.7 Å². The Morgan fingerprint density at radius 2 is 1.77 bits per heavy atom. The highest BCUT2D eigenvalue weighted by Crippen LogP contribution is 2.45. The van der Waals surface area contributed by atoms with Crippen molar-refractivity contribution in [2.24, 2.45) is 5.16 Å². The molecule has 1 amide bonds. The summed E-state index contributed by atoms with van der Waals surface area (Å²) in [6, 6.07) is 10.4. The third kappa shape index (κ3) is 4.58. The first-order valence-electron chi connectivity index (χ1n) is 8.75. The molecule has 0 aromatic heterocycles. The van der Waals surface area contributed by atoms with Gasteiger partial charge in [0, 0.05) is 16.7 Å². The lowest BCUT2D eigenvalue weighted by Gasteiger charge is -2.34. The molecule has 0 aliphatic heterocycles. The Labute approximate surface area is 160 Å². The van der Waals surface area contributed by atoms with Gasteiger partial charge in [0.25, 0.3) is 5.91 Å². The van der Waals surface area contributed by atoms with Crippen molar-refractivity contribution >= 4 is 23.4 Å². The topological polar surface area (TPSA) is 50.7 Å². The number of nitrogens with one attached hydrogen (secondary N) is 1. The van der Waals surface area contributed by atoms with E-state index in [1.807, 2.05) is 18.2 Å². The lowest BCUT2D eigenvalue weighted by atomic mass is 9.80. The number of amides is 1. The predicted molar refractivity (Wildman–Crippen MR) is 110 cm³/mol. The van der Waals surface area contributed by atoms with Crippen molar-refractivity contribution in [3.05, 3.63) is 52.6 Å². The number of benzene rings is 1. The van der Waals surface area contributed by atoms with Gasteiger partial charge in [-0.05, 0) is 63.8 Å². The standard InChI is InChI=1S/C21H28N2O2S/c1-14-12-17(19(23-25-6)20(24)22-5)18(13-15(14)2)21(3,4)26-16-10-8-7-9-11-16/h7-11H,12-13H2,1-6H3,(H,22,24)/b23-19+. The van der Waals surface area contributed by atoms with E-state index in [-0.39, 0.29) is 10.7 Å². The van der Waals surface area contributed by atoms with Crippen LogP contribution in [0.25, 0.3) is 0 Å². The Kier molecular flexibility index (Phi) is 6.70. The van der Waals surface area contributed by atoms with E-state index in [4.69, 9.17) is 4.84 Å².